The van der Waals surface area contributed by atoms with Crippen molar-refractivity contribution in [1.29, 1.82) is 0 Å². The Hall–Kier alpha value is -0.820. The summed E-state index contributed by atoms with van der Waals surface area (Å²) >= 11 is 0. The number of morpholine rings is 1. The van der Waals surface area contributed by atoms with Gasteiger partial charge in [-0.15, -0.1) is 24.8 Å². The van der Waals surface area contributed by atoms with Crippen molar-refractivity contribution >= 4 is 30.7 Å². The van der Waals surface area contributed by atoms with Crippen LogP contribution in [0.15, 0.2) is 18.5 Å². The largest absolute Gasteiger partial charge is 0.373 e. The molecule has 1 saturated carbocycles. The van der Waals surface area contributed by atoms with E-state index in [0.29, 0.717) is 26.2 Å². The zero-order chi connectivity index (χ0) is 14.7. The van der Waals surface area contributed by atoms with Gasteiger partial charge in [0, 0.05) is 25.5 Å². The van der Waals surface area contributed by atoms with Crippen molar-refractivity contribution in [3.05, 3.63) is 18.5 Å². The minimum atomic E-state index is -0.647. The number of carbonyl (C=O) groups excluding carboxylic acids is 1. The Morgan fingerprint density at radius 3 is 2.70 bits per heavy atom. The zero-order valence-corrected chi connectivity index (χ0v) is 14.9. The van der Waals surface area contributed by atoms with E-state index in [1.807, 2.05) is 21.8 Å². The van der Waals surface area contributed by atoms with Crippen molar-refractivity contribution < 1.29 is 9.53 Å². The fourth-order valence-corrected chi connectivity index (χ4v) is 3.34. The molecule has 2 aliphatic rings. The highest BCUT2D eigenvalue weighted by Gasteiger charge is 2.39. The number of hydrogen-bond acceptors (Lipinski definition) is 4. The number of halogens is 2. The minimum Gasteiger partial charge on any atom is -0.373 e. The molecule has 1 atom stereocenters. The molecule has 2 N–H and O–H groups in total. The lowest BCUT2D eigenvalue weighted by Crippen LogP contribution is -2.59. The number of carbonyl (C=O) groups is 1. The summed E-state index contributed by atoms with van der Waals surface area (Å²) in [6, 6.07) is 1.89. The minimum absolute atomic E-state index is 0. The van der Waals surface area contributed by atoms with E-state index in [0.717, 1.165) is 25.7 Å². The molecule has 1 amide bonds. The van der Waals surface area contributed by atoms with E-state index in [-0.39, 0.29) is 36.8 Å². The first-order valence-corrected chi connectivity index (χ1v) is 7.85. The van der Waals surface area contributed by atoms with Gasteiger partial charge in [-0.25, -0.2) is 0 Å². The van der Waals surface area contributed by atoms with E-state index in [1.165, 1.54) is 6.42 Å². The molecule has 6 nitrogen and oxygen atoms in total. The first-order valence-electron chi connectivity index (χ1n) is 7.85. The van der Waals surface area contributed by atoms with Crippen LogP contribution in [0.2, 0.25) is 0 Å². The highest BCUT2D eigenvalue weighted by Crippen LogP contribution is 2.28. The highest BCUT2D eigenvalue weighted by molar-refractivity contribution is 5.86. The van der Waals surface area contributed by atoms with Gasteiger partial charge in [0.25, 0.3) is 0 Å². The zero-order valence-electron chi connectivity index (χ0n) is 13.2. The molecule has 1 aliphatic carbocycles. The summed E-state index contributed by atoms with van der Waals surface area (Å²) in [6.45, 7) is 2.51. The molecule has 1 aromatic heterocycles. The van der Waals surface area contributed by atoms with E-state index in [1.54, 1.807) is 6.20 Å². The van der Waals surface area contributed by atoms with Gasteiger partial charge >= 0.3 is 0 Å². The Morgan fingerprint density at radius 1 is 1.30 bits per heavy atom. The summed E-state index contributed by atoms with van der Waals surface area (Å²) in [4.78, 5) is 14.6. The lowest BCUT2D eigenvalue weighted by atomic mass is 9.81. The normalized spacial score (nSPS) is 23.5. The molecule has 0 aromatic carbocycles. The van der Waals surface area contributed by atoms with Crippen molar-refractivity contribution in [1.82, 2.24) is 14.7 Å². The fourth-order valence-electron chi connectivity index (χ4n) is 3.34. The average molecular weight is 365 g/mol. The summed E-state index contributed by atoms with van der Waals surface area (Å²) in [5, 5.41) is 4.19. The molecule has 2 heterocycles. The van der Waals surface area contributed by atoms with Gasteiger partial charge in [-0.05, 0) is 18.9 Å². The lowest BCUT2D eigenvalue weighted by molar-refractivity contribution is -0.146. The van der Waals surface area contributed by atoms with Crippen LogP contribution in [-0.4, -0.2) is 51.9 Å². The molecule has 0 bridgehead atoms. The van der Waals surface area contributed by atoms with Crippen LogP contribution in [0.1, 0.15) is 32.1 Å². The van der Waals surface area contributed by atoms with Gasteiger partial charge in [-0.3, -0.25) is 9.48 Å². The van der Waals surface area contributed by atoms with Gasteiger partial charge in [0.2, 0.25) is 5.91 Å². The third-order valence-corrected chi connectivity index (χ3v) is 4.55. The molecule has 1 saturated heterocycles. The summed E-state index contributed by atoms with van der Waals surface area (Å²) < 4.78 is 7.60. The molecule has 23 heavy (non-hydrogen) atoms. The standard InChI is InChI=1S/C15H24N4O2.2ClH/c16-15(5-2-1-3-6-15)14(20)18-9-10-21-13(11-18)12-19-8-4-7-17-19;;/h4,7-8,13H,1-3,5-6,9-12,16H2;2*1H. The maximum absolute atomic E-state index is 12.7. The monoisotopic (exact) mass is 364 g/mol. The van der Waals surface area contributed by atoms with Crippen LogP contribution < -0.4 is 5.73 Å². The highest BCUT2D eigenvalue weighted by atomic mass is 35.5. The van der Waals surface area contributed by atoms with Gasteiger partial charge in [0.15, 0.2) is 0 Å². The number of nitrogens with two attached hydrogens (primary N) is 1. The molecule has 8 heteroatoms. The Kier molecular flexibility index (Phi) is 7.80. The molecule has 132 valence electrons. The number of ether oxygens (including phenoxy) is 1. The molecule has 0 radical (unpaired) electrons. The van der Waals surface area contributed by atoms with Crippen molar-refractivity contribution in [3.63, 3.8) is 0 Å². The first kappa shape index (κ1) is 20.2. The molecular weight excluding hydrogens is 339 g/mol. The van der Waals surface area contributed by atoms with E-state index in [9.17, 15) is 4.79 Å². The van der Waals surface area contributed by atoms with Crippen LogP contribution in [0.5, 0.6) is 0 Å². The summed E-state index contributed by atoms with van der Waals surface area (Å²) in [5.41, 5.74) is 5.72. The Labute approximate surface area is 149 Å². The van der Waals surface area contributed by atoms with Crippen LogP contribution in [0.3, 0.4) is 0 Å². The molecule has 1 unspecified atom stereocenters. The molecule has 2 fully saturated rings. The number of aromatic nitrogens is 2. The van der Waals surface area contributed by atoms with Gasteiger partial charge in [0.1, 0.15) is 0 Å². The molecule has 1 aromatic rings. The summed E-state index contributed by atoms with van der Waals surface area (Å²) in [6.07, 6.45) is 8.59. The Morgan fingerprint density at radius 2 is 2.04 bits per heavy atom. The number of nitrogens with zero attached hydrogens (tertiary/aromatic N) is 3. The summed E-state index contributed by atoms with van der Waals surface area (Å²) in [7, 11) is 0. The van der Waals surface area contributed by atoms with Crippen LogP contribution in [0.25, 0.3) is 0 Å². The first-order chi connectivity index (χ1) is 10.2. The maximum atomic E-state index is 12.7. The second-order valence-corrected chi connectivity index (χ2v) is 6.19. The number of hydrogen-bond donors (Lipinski definition) is 1. The van der Waals surface area contributed by atoms with Crippen LogP contribution >= 0.6 is 24.8 Å². The molecule has 0 spiro atoms. The van der Waals surface area contributed by atoms with E-state index >= 15 is 0 Å². The average Bonchev–Trinajstić information content (AvgIpc) is 3.00. The van der Waals surface area contributed by atoms with Crippen LogP contribution in [0.4, 0.5) is 0 Å². The molecule has 3 rings (SSSR count). The smallest absolute Gasteiger partial charge is 0.242 e. The topological polar surface area (TPSA) is 73.4 Å². The predicted molar refractivity (Wildman–Crippen MR) is 93.0 cm³/mol. The van der Waals surface area contributed by atoms with Gasteiger partial charge < -0.3 is 15.4 Å². The Bertz CT molecular complexity index is 478. The fraction of sp³-hybridized carbons (Fsp3) is 0.733. The SMILES string of the molecule is Cl.Cl.NC1(C(=O)N2CCOC(Cn3cccn3)C2)CCCCC1. The van der Waals surface area contributed by atoms with Crippen LogP contribution in [-0.2, 0) is 16.1 Å². The quantitative estimate of drug-likeness (QED) is 0.884. The van der Waals surface area contributed by atoms with Gasteiger partial charge in [-0.1, -0.05) is 19.3 Å². The van der Waals surface area contributed by atoms with Crippen molar-refractivity contribution in [2.24, 2.45) is 5.73 Å². The van der Waals surface area contributed by atoms with Crippen molar-refractivity contribution in [2.75, 3.05) is 19.7 Å². The predicted octanol–water partition coefficient (Wildman–Crippen LogP) is 1.62. The van der Waals surface area contributed by atoms with Crippen molar-refractivity contribution in [3.8, 4) is 0 Å². The molecular formula is C15H26Cl2N4O2. The van der Waals surface area contributed by atoms with Crippen molar-refractivity contribution in [2.45, 2.75) is 50.3 Å². The third kappa shape index (κ3) is 4.83. The maximum Gasteiger partial charge on any atom is 0.242 e. The third-order valence-electron chi connectivity index (χ3n) is 4.55. The summed E-state index contributed by atoms with van der Waals surface area (Å²) in [5.74, 6) is 0.107. The number of amides is 1. The van der Waals surface area contributed by atoms with Crippen LogP contribution in [0, 0.1) is 0 Å². The van der Waals surface area contributed by atoms with Gasteiger partial charge in [0.05, 0.1) is 24.8 Å². The second-order valence-electron chi connectivity index (χ2n) is 6.19. The lowest BCUT2D eigenvalue weighted by Gasteiger charge is -2.40. The second kappa shape index (κ2) is 8.87. The molecule has 1 aliphatic heterocycles. The van der Waals surface area contributed by atoms with Gasteiger partial charge in [-0.2, -0.15) is 5.10 Å². The van der Waals surface area contributed by atoms with E-state index in [2.05, 4.69) is 5.10 Å². The Balaban J connectivity index is 0.00000132. The number of rotatable bonds is 3. The van der Waals surface area contributed by atoms with E-state index < -0.39 is 5.54 Å². The van der Waals surface area contributed by atoms with E-state index in [4.69, 9.17) is 10.5 Å².